The molecule has 0 aliphatic carbocycles. The smallest absolute Gasteiger partial charge is 0.109 e. The molecule has 1 unspecified atom stereocenters. The molecule has 1 fully saturated rings. The maximum Gasteiger partial charge on any atom is 0.109 e. The van der Waals surface area contributed by atoms with E-state index in [2.05, 4.69) is 28.5 Å². The van der Waals surface area contributed by atoms with Gasteiger partial charge in [0.25, 0.3) is 0 Å². The van der Waals surface area contributed by atoms with Gasteiger partial charge < -0.3 is 15.8 Å². The van der Waals surface area contributed by atoms with Crippen LogP contribution in [-0.2, 0) is 0 Å². The fourth-order valence-corrected chi connectivity index (χ4v) is 3.09. The van der Waals surface area contributed by atoms with Crippen LogP contribution in [0.5, 0.6) is 0 Å². The summed E-state index contributed by atoms with van der Waals surface area (Å²) in [4.78, 5) is 12.9. The van der Waals surface area contributed by atoms with Gasteiger partial charge in [-0.15, -0.1) is 12.4 Å². The van der Waals surface area contributed by atoms with Crippen LogP contribution in [0.2, 0.25) is 0 Å². The zero-order chi connectivity index (χ0) is 14.2. The molecule has 0 amide bonds. The molecule has 0 aromatic heterocycles. The Morgan fingerprint density at radius 3 is 2.61 bits per heavy atom. The van der Waals surface area contributed by atoms with Crippen molar-refractivity contribution in [1.29, 1.82) is 0 Å². The van der Waals surface area contributed by atoms with E-state index >= 15 is 0 Å². The van der Waals surface area contributed by atoms with Crippen molar-refractivity contribution in [2.45, 2.75) is 19.3 Å². The molecule has 23 heavy (non-hydrogen) atoms. The summed E-state index contributed by atoms with van der Waals surface area (Å²) in [5.74, 6) is 1.43. The van der Waals surface area contributed by atoms with E-state index in [4.69, 9.17) is 9.97 Å². The lowest BCUT2D eigenvalue weighted by molar-refractivity contribution is 0.723. The summed E-state index contributed by atoms with van der Waals surface area (Å²) in [7, 11) is 0. The molecule has 122 valence electrons. The fraction of sp³-hybridized carbons (Fsp3) is 0.294. The van der Waals surface area contributed by atoms with Crippen molar-refractivity contribution in [3.8, 4) is 22.6 Å². The SMILES string of the molecule is Cc1nc(C2CCNC2)c2nc(-c3ccccc3)cc-2[nH]1.Cl.O. The van der Waals surface area contributed by atoms with Gasteiger partial charge in [0.1, 0.15) is 11.5 Å². The summed E-state index contributed by atoms with van der Waals surface area (Å²) >= 11 is 0. The second-order valence-electron chi connectivity index (χ2n) is 5.67. The monoisotopic (exact) mass is 332 g/mol. The third-order valence-corrected chi connectivity index (χ3v) is 4.13. The molecule has 5 nitrogen and oxygen atoms in total. The van der Waals surface area contributed by atoms with Gasteiger partial charge in [0.05, 0.1) is 17.1 Å². The topological polar surface area (TPSA) is 85.1 Å². The van der Waals surface area contributed by atoms with Gasteiger partial charge in [-0.3, -0.25) is 0 Å². The predicted molar refractivity (Wildman–Crippen MR) is 94.3 cm³/mol. The van der Waals surface area contributed by atoms with Crippen molar-refractivity contribution in [2.75, 3.05) is 13.1 Å². The lowest BCUT2D eigenvalue weighted by Gasteiger charge is -2.12. The highest BCUT2D eigenvalue weighted by molar-refractivity contribution is 5.85. The van der Waals surface area contributed by atoms with Gasteiger partial charge in [-0.2, -0.15) is 0 Å². The zero-order valence-electron chi connectivity index (χ0n) is 13.0. The van der Waals surface area contributed by atoms with Crippen LogP contribution in [0.25, 0.3) is 22.6 Å². The van der Waals surface area contributed by atoms with Crippen LogP contribution in [0.4, 0.5) is 0 Å². The molecule has 0 saturated carbocycles. The number of benzene rings is 1. The molecule has 1 saturated heterocycles. The van der Waals surface area contributed by atoms with Crippen molar-refractivity contribution in [3.63, 3.8) is 0 Å². The highest BCUT2D eigenvalue weighted by atomic mass is 35.5. The Bertz CT molecular complexity index is 738. The number of hydrogen-bond donors (Lipinski definition) is 2. The van der Waals surface area contributed by atoms with E-state index in [9.17, 15) is 0 Å². The van der Waals surface area contributed by atoms with Crippen molar-refractivity contribution in [3.05, 3.63) is 47.9 Å². The van der Waals surface area contributed by atoms with Crippen LogP contribution in [0.3, 0.4) is 0 Å². The van der Waals surface area contributed by atoms with E-state index in [0.29, 0.717) is 5.92 Å². The molecular weight excluding hydrogens is 312 g/mol. The molecular formula is C17H21ClN4O. The second kappa shape index (κ2) is 7.08. The molecule has 3 aliphatic heterocycles. The highest BCUT2D eigenvalue weighted by Gasteiger charge is 2.25. The average Bonchev–Trinajstić information content (AvgIpc) is 3.16. The molecule has 0 spiro atoms. The Morgan fingerprint density at radius 1 is 1.13 bits per heavy atom. The minimum absolute atomic E-state index is 0. The zero-order valence-corrected chi connectivity index (χ0v) is 13.8. The highest BCUT2D eigenvalue weighted by Crippen LogP contribution is 2.34. The molecule has 1 aromatic rings. The van der Waals surface area contributed by atoms with E-state index < -0.39 is 0 Å². The maximum atomic E-state index is 4.85. The number of aromatic amines is 1. The van der Waals surface area contributed by atoms with E-state index in [1.54, 1.807) is 0 Å². The summed E-state index contributed by atoms with van der Waals surface area (Å²) in [6, 6.07) is 12.4. The Morgan fingerprint density at radius 2 is 1.91 bits per heavy atom. The largest absolute Gasteiger partial charge is 0.412 e. The first-order valence-corrected chi connectivity index (χ1v) is 7.44. The van der Waals surface area contributed by atoms with Crippen molar-refractivity contribution in [1.82, 2.24) is 20.3 Å². The summed E-state index contributed by atoms with van der Waals surface area (Å²) in [5, 5.41) is 3.42. The van der Waals surface area contributed by atoms with Crippen LogP contribution in [0.15, 0.2) is 36.4 Å². The number of halogens is 1. The van der Waals surface area contributed by atoms with E-state index in [0.717, 1.165) is 53.7 Å². The number of fused-ring (bicyclic) bond motifs is 1. The van der Waals surface area contributed by atoms with Crippen LogP contribution < -0.4 is 5.32 Å². The summed E-state index contributed by atoms with van der Waals surface area (Å²) < 4.78 is 0. The summed E-state index contributed by atoms with van der Waals surface area (Å²) in [6.45, 7) is 4.08. The lowest BCUT2D eigenvalue weighted by atomic mass is 10.0. The Balaban J connectivity index is 0.000000960. The fourth-order valence-electron chi connectivity index (χ4n) is 3.09. The first-order chi connectivity index (χ1) is 10.3. The number of hydrogen-bond acceptors (Lipinski definition) is 3. The van der Waals surface area contributed by atoms with Crippen LogP contribution in [-0.4, -0.2) is 33.5 Å². The second-order valence-corrected chi connectivity index (χ2v) is 5.67. The minimum Gasteiger partial charge on any atom is -0.412 e. The average molecular weight is 333 g/mol. The minimum atomic E-state index is 0. The summed E-state index contributed by atoms with van der Waals surface area (Å²) in [6.07, 6.45) is 1.14. The molecule has 1 atom stereocenters. The van der Waals surface area contributed by atoms with Gasteiger partial charge in [0, 0.05) is 18.0 Å². The number of nitrogens with one attached hydrogen (secondary N) is 2. The van der Waals surface area contributed by atoms with E-state index in [1.165, 1.54) is 0 Å². The van der Waals surface area contributed by atoms with E-state index in [1.807, 2.05) is 25.1 Å². The molecule has 4 rings (SSSR count). The quantitative estimate of drug-likeness (QED) is 0.756. The first kappa shape index (κ1) is 17.4. The Labute approximate surface area is 141 Å². The third-order valence-electron chi connectivity index (χ3n) is 4.13. The third kappa shape index (κ3) is 3.22. The lowest BCUT2D eigenvalue weighted by Crippen LogP contribution is -2.11. The van der Waals surface area contributed by atoms with Gasteiger partial charge in [-0.05, 0) is 26.0 Å². The number of H-pyrrole nitrogens is 1. The van der Waals surface area contributed by atoms with Crippen molar-refractivity contribution >= 4 is 12.4 Å². The molecule has 0 radical (unpaired) electrons. The first-order valence-electron chi connectivity index (χ1n) is 7.44. The number of rotatable bonds is 2. The van der Waals surface area contributed by atoms with Gasteiger partial charge in [-0.1, -0.05) is 30.3 Å². The van der Waals surface area contributed by atoms with Gasteiger partial charge in [0.15, 0.2) is 0 Å². The maximum absolute atomic E-state index is 4.85. The number of aromatic nitrogens is 3. The molecule has 1 aromatic carbocycles. The van der Waals surface area contributed by atoms with Crippen molar-refractivity contribution in [2.24, 2.45) is 0 Å². The van der Waals surface area contributed by atoms with E-state index in [-0.39, 0.29) is 17.9 Å². The molecule has 3 aliphatic rings. The predicted octanol–water partition coefficient (Wildman–Crippen LogP) is 2.56. The molecule has 6 heteroatoms. The van der Waals surface area contributed by atoms with Crippen molar-refractivity contribution < 1.29 is 5.48 Å². The van der Waals surface area contributed by atoms with Crippen LogP contribution in [0, 0.1) is 6.92 Å². The molecule has 3 heterocycles. The number of aryl methyl sites for hydroxylation is 1. The molecule has 4 N–H and O–H groups in total. The summed E-state index contributed by atoms with van der Waals surface area (Å²) in [5.41, 5.74) is 5.40. The van der Waals surface area contributed by atoms with Gasteiger partial charge >= 0.3 is 0 Å². The van der Waals surface area contributed by atoms with Gasteiger partial charge in [0.2, 0.25) is 0 Å². The van der Waals surface area contributed by atoms with Crippen LogP contribution in [0.1, 0.15) is 23.9 Å². The molecule has 0 bridgehead atoms. The van der Waals surface area contributed by atoms with Crippen LogP contribution >= 0.6 is 12.4 Å². The normalized spacial score (nSPS) is 16.8. The Hall–Kier alpha value is -1.95. The Kier molecular flexibility index (Phi) is 5.36. The standard InChI is InChI=1S/C17H18N4.ClH.H2O/c1-11-19-15-9-14(12-5-3-2-4-6-12)21-17(15)16(20-11)13-7-8-18-10-13;;/h2-6,9,13,18H,7-8,10H2,1H3,(H,19,20);1H;1H2. The number of nitrogens with zero attached hydrogens (tertiary/aromatic N) is 2. The van der Waals surface area contributed by atoms with Gasteiger partial charge in [-0.25, -0.2) is 9.97 Å².